The van der Waals surface area contributed by atoms with E-state index in [0.717, 1.165) is 36.8 Å². The summed E-state index contributed by atoms with van der Waals surface area (Å²) in [5.74, 6) is -0.0176. The SMILES string of the molecule is O=C(OC(=O)c1ccc(CNC(=O)c2cc(OCC3CCC3)ccc2Cl)cc1)c1ccc(CNC(=O)c2cc(OCC3CCCCC3)ccc2Cl)cc1. The number of ether oxygens (including phenoxy) is 3. The Morgan fingerprint density at radius 2 is 0.962 bits per heavy atom. The van der Waals surface area contributed by atoms with Crippen molar-refractivity contribution in [3.05, 3.63) is 128 Å². The van der Waals surface area contributed by atoms with Crippen molar-refractivity contribution < 1.29 is 33.4 Å². The number of esters is 2. The predicted molar refractivity (Wildman–Crippen MR) is 203 cm³/mol. The van der Waals surface area contributed by atoms with Crippen molar-refractivity contribution in [2.24, 2.45) is 11.8 Å². The first-order chi connectivity index (χ1) is 25.7. The van der Waals surface area contributed by atoms with Crippen molar-refractivity contribution in [3.63, 3.8) is 0 Å². The van der Waals surface area contributed by atoms with Crippen LogP contribution in [0.1, 0.15) is 104 Å². The summed E-state index contributed by atoms with van der Waals surface area (Å²) in [6.45, 7) is 1.63. The highest BCUT2D eigenvalue weighted by molar-refractivity contribution is 6.34. The second-order valence-corrected chi connectivity index (χ2v) is 14.5. The molecule has 0 saturated heterocycles. The molecule has 0 spiro atoms. The number of carbonyl (C=O) groups is 4. The van der Waals surface area contributed by atoms with Gasteiger partial charge in [-0.05, 0) is 109 Å². The van der Waals surface area contributed by atoms with Gasteiger partial charge in [-0.25, -0.2) is 9.59 Å². The quantitative estimate of drug-likeness (QED) is 0.0974. The van der Waals surface area contributed by atoms with Crippen LogP contribution < -0.4 is 20.1 Å². The van der Waals surface area contributed by atoms with E-state index in [1.807, 2.05) is 0 Å². The molecular weight excluding hydrogens is 715 g/mol. The molecule has 11 heteroatoms. The van der Waals surface area contributed by atoms with Crippen LogP contribution in [-0.4, -0.2) is 37.0 Å². The lowest BCUT2D eigenvalue weighted by molar-refractivity contribution is 0.0397. The summed E-state index contributed by atoms with van der Waals surface area (Å²) in [6.07, 6.45) is 9.61. The van der Waals surface area contributed by atoms with E-state index in [1.54, 1.807) is 60.7 Å². The van der Waals surface area contributed by atoms with Gasteiger partial charge < -0.3 is 24.8 Å². The Balaban J connectivity index is 0.945. The molecule has 2 fully saturated rings. The summed E-state index contributed by atoms with van der Waals surface area (Å²) in [4.78, 5) is 51.3. The molecule has 2 aliphatic carbocycles. The number of halogens is 2. The van der Waals surface area contributed by atoms with Crippen molar-refractivity contribution in [1.29, 1.82) is 0 Å². The lowest BCUT2D eigenvalue weighted by Gasteiger charge is -2.25. The zero-order valence-electron chi connectivity index (χ0n) is 29.3. The van der Waals surface area contributed by atoms with Crippen LogP contribution in [0, 0.1) is 11.8 Å². The highest BCUT2D eigenvalue weighted by Crippen LogP contribution is 2.29. The minimum absolute atomic E-state index is 0.175. The lowest BCUT2D eigenvalue weighted by atomic mass is 9.86. The molecule has 0 radical (unpaired) electrons. The monoisotopic (exact) mass is 756 g/mol. The van der Waals surface area contributed by atoms with Gasteiger partial charge >= 0.3 is 11.9 Å². The van der Waals surface area contributed by atoms with E-state index in [1.165, 1.54) is 49.9 Å². The van der Waals surface area contributed by atoms with Gasteiger partial charge in [0.2, 0.25) is 0 Å². The van der Waals surface area contributed by atoms with Crippen molar-refractivity contribution in [3.8, 4) is 11.5 Å². The third-order valence-corrected chi connectivity index (χ3v) is 10.4. The van der Waals surface area contributed by atoms with Crippen LogP contribution in [0.2, 0.25) is 10.0 Å². The van der Waals surface area contributed by atoms with Crippen LogP contribution in [0.3, 0.4) is 0 Å². The fraction of sp³-hybridized carbons (Fsp3) is 0.333. The van der Waals surface area contributed by atoms with Crippen LogP contribution in [-0.2, 0) is 17.8 Å². The Labute approximate surface area is 319 Å². The summed E-state index contributed by atoms with van der Waals surface area (Å²) in [6, 6.07) is 22.9. The zero-order chi connectivity index (χ0) is 37.2. The maximum absolute atomic E-state index is 13.0. The normalized spacial score (nSPS) is 14.5. The van der Waals surface area contributed by atoms with Crippen LogP contribution >= 0.6 is 23.2 Å². The van der Waals surface area contributed by atoms with E-state index in [4.69, 9.17) is 37.4 Å². The molecule has 2 aliphatic rings. The number of hydrogen-bond acceptors (Lipinski definition) is 7. The van der Waals surface area contributed by atoms with Gasteiger partial charge in [0.15, 0.2) is 0 Å². The molecule has 0 unspecified atom stereocenters. The van der Waals surface area contributed by atoms with Crippen LogP contribution in [0.25, 0.3) is 0 Å². The summed E-state index contributed by atoms with van der Waals surface area (Å²) in [5, 5.41) is 6.33. The Morgan fingerprint density at radius 3 is 1.36 bits per heavy atom. The van der Waals surface area contributed by atoms with Crippen molar-refractivity contribution in [1.82, 2.24) is 10.6 Å². The fourth-order valence-corrected chi connectivity index (χ4v) is 6.66. The minimum Gasteiger partial charge on any atom is -0.493 e. The van der Waals surface area contributed by atoms with E-state index in [-0.39, 0.29) is 36.0 Å². The van der Waals surface area contributed by atoms with E-state index in [2.05, 4.69) is 10.6 Å². The van der Waals surface area contributed by atoms with Gasteiger partial charge in [0.1, 0.15) is 11.5 Å². The Morgan fingerprint density at radius 1 is 0.547 bits per heavy atom. The van der Waals surface area contributed by atoms with Crippen LogP contribution in [0.15, 0.2) is 84.9 Å². The molecule has 2 saturated carbocycles. The van der Waals surface area contributed by atoms with Gasteiger partial charge in [-0.3, -0.25) is 9.59 Å². The number of amides is 2. The third-order valence-electron chi connectivity index (χ3n) is 9.76. The molecule has 0 aromatic heterocycles. The highest BCUT2D eigenvalue weighted by atomic mass is 35.5. The maximum atomic E-state index is 13.0. The standard InChI is InChI=1S/C42H42Cl2N2O7/c43-37-19-17-33(51-25-29-5-2-1-3-6-29)21-35(37)39(47)45-23-27-9-13-31(14-10-27)41(49)53-42(50)32-15-11-28(12-16-32)24-46-40(48)36-22-34(18-20-38(36)44)52-26-30-7-4-8-30/h9-22,29-30H,1-8,23-26H2,(H,45,47)(H,46,48). The van der Waals surface area contributed by atoms with Crippen LogP contribution in [0.4, 0.5) is 0 Å². The average molecular weight is 758 g/mol. The molecule has 4 aromatic carbocycles. The van der Waals surface area contributed by atoms with Crippen molar-refractivity contribution in [2.75, 3.05) is 13.2 Å². The molecule has 0 atom stereocenters. The molecule has 4 aromatic rings. The van der Waals surface area contributed by atoms with Gasteiger partial charge in [0.25, 0.3) is 11.8 Å². The second-order valence-electron chi connectivity index (χ2n) is 13.6. The molecule has 6 rings (SSSR count). The summed E-state index contributed by atoms with van der Waals surface area (Å²) in [5.41, 5.74) is 2.45. The van der Waals surface area contributed by atoms with Gasteiger partial charge in [-0.2, -0.15) is 0 Å². The van der Waals surface area contributed by atoms with E-state index >= 15 is 0 Å². The van der Waals surface area contributed by atoms with E-state index in [9.17, 15) is 19.2 Å². The van der Waals surface area contributed by atoms with E-state index in [0.29, 0.717) is 57.7 Å². The Bertz CT molecular complexity index is 1920. The van der Waals surface area contributed by atoms with Crippen LogP contribution in [0.5, 0.6) is 11.5 Å². The largest absolute Gasteiger partial charge is 0.493 e. The maximum Gasteiger partial charge on any atom is 0.346 e. The second kappa shape index (κ2) is 18.3. The molecule has 0 heterocycles. The number of carbonyl (C=O) groups excluding carboxylic acids is 4. The molecule has 2 N–H and O–H groups in total. The number of hydrogen-bond donors (Lipinski definition) is 2. The summed E-state index contributed by atoms with van der Waals surface area (Å²) < 4.78 is 16.9. The van der Waals surface area contributed by atoms with Gasteiger partial charge in [-0.15, -0.1) is 0 Å². The molecule has 0 aliphatic heterocycles. The van der Waals surface area contributed by atoms with Gasteiger partial charge in [0, 0.05) is 13.1 Å². The fourth-order valence-electron chi connectivity index (χ4n) is 6.25. The topological polar surface area (TPSA) is 120 Å². The molecule has 53 heavy (non-hydrogen) atoms. The summed E-state index contributed by atoms with van der Waals surface area (Å²) in [7, 11) is 0. The number of rotatable bonds is 14. The highest BCUT2D eigenvalue weighted by Gasteiger charge is 2.20. The number of benzene rings is 4. The molecule has 0 bridgehead atoms. The van der Waals surface area contributed by atoms with Crippen molar-refractivity contribution in [2.45, 2.75) is 64.5 Å². The van der Waals surface area contributed by atoms with Gasteiger partial charge in [-0.1, -0.05) is 73.2 Å². The molecule has 2 amide bonds. The molecule has 276 valence electrons. The lowest BCUT2D eigenvalue weighted by Crippen LogP contribution is -2.23. The number of nitrogens with one attached hydrogen (secondary N) is 2. The third kappa shape index (κ3) is 10.6. The average Bonchev–Trinajstić information content (AvgIpc) is 3.16. The zero-order valence-corrected chi connectivity index (χ0v) is 30.8. The smallest absolute Gasteiger partial charge is 0.346 e. The Hall–Kier alpha value is -4.86. The van der Waals surface area contributed by atoms with E-state index < -0.39 is 11.9 Å². The van der Waals surface area contributed by atoms with Crippen molar-refractivity contribution >= 4 is 47.0 Å². The first-order valence-electron chi connectivity index (χ1n) is 18.1. The molecular formula is C42H42Cl2N2O7. The Kier molecular flexibility index (Phi) is 13.0. The predicted octanol–water partition coefficient (Wildman–Crippen LogP) is 8.99. The first kappa shape index (κ1) is 37.9. The first-order valence-corrected chi connectivity index (χ1v) is 18.8. The minimum atomic E-state index is -0.811. The van der Waals surface area contributed by atoms with Gasteiger partial charge in [0.05, 0.1) is 45.5 Å². The molecule has 9 nitrogen and oxygen atoms in total. The summed E-state index contributed by atoms with van der Waals surface area (Å²) >= 11 is 12.6.